The normalized spacial score (nSPS) is 10.8. The van der Waals surface area contributed by atoms with E-state index in [9.17, 15) is 5.11 Å². The highest BCUT2D eigenvalue weighted by Gasteiger charge is 2.06. The molecule has 0 saturated carbocycles. The van der Waals surface area contributed by atoms with E-state index in [1.165, 1.54) is 0 Å². The van der Waals surface area contributed by atoms with Crippen molar-refractivity contribution in [3.8, 4) is 17.3 Å². The Labute approximate surface area is 90.8 Å². The van der Waals surface area contributed by atoms with Gasteiger partial charge >= 0.3 is 0 Å². The van der Waals surface area contributed by atoms with Crippen molar-refractivity contribution in [2.24, 2.45) is 0 Å². The molecule has 0 aliphatic rings. The first-order chi connectivity index (χ1) is 7.83. The summed E-state index contributed by atoms with van der Waals surface area (Å²) in [6, 6.07) is 4.98. The van der Waals surface area contributed by atoms with Gasteiger partial charge in [-0.1, -0.05) is 0 Å². The van der Waals surface area contributed by atoms with Gasteiger partial charge in [-0.2, -0.15) is 0 Å². The number of rotatable bonds is 1. The molecule has 16 heavy (non-hydrogen) atoms. The van der Waals surface area contributed by atoms with Crippen LogP contribution in [-0.4, -0.2) is 25.0 Å². The van der Waals surface area contributed by atoms with Gasteiger partial charge in [-0.3, -0.25) is 4.98 Å². The molecule has 0 aliphatic carbocycles. The summed E-state index contributed by atoms with van der Waals surface area (Å²) in [5.41, 5.74) is 2.25. The average Bonchev–Trinajstić information content (AvgIpc) is 2.73. The molecule has 3 aromatic rings. The number of imidazole rings is 1. The maximum atomic E-state index is 9.33. The van der Waals surface area contributed by atoms with Crippen molar-refractivity contribution in [2.45, 2.75) is 0 Å². The molecule has 3 rings (SSSR count). The SMILES string of the molecule is Oc1ccc2nc(-c3cnccn3)[nH]c2c1. The molecule has 2 heterocycles. The van der Waals surface area contributed by atoms with Crippen LogP contribution in [0.1, 0.15) is 0 Å². The number of nitrogens with zero attached hydrogens (tertiary/aromatic N) is 3. The van der Waals surface area contributed by atoms with Crippen LogP contribution in [0.4, 0.5) is 0 Å². The first-order valence-electron chi connectivity index (χ1n) is 4.78. The highest BCUT2D eigenvalue weighted by atomic mass is 16.3. The van der Waals surface area contributed by atoms with Gasteiger partial charge in [-0.05, 0) is 12.1 Å². The zero-order valence-electron chi connectivity index (χ0n) is 8.25. The number of nitrogens with one attached hydrogen (secondary N) is 1. The van der Waals surface area contributed by atoms with E-state index in [-0.39, 0.29) is 5.75 Å². The van der Waals surface area contributed by atoms with E-state index in [1.807, 2.05) is 0 Å². The third kappa shape index (κ3) is 1.38. The summed E-state index contributed by atoms with van der Waals surface area (Å²) in [6.45, 7) is 0. The molecule has 2 N–H and O–H groups in total. The smallest absolute Gasteiger partial charge is 0.158 e. The molecule has 0 radical (unpaired) electrons. The van der Waals surface area contributed by atoms with Crippen LogP contribution < -0.4 is 0 Å². The second-order valence-electron chi connectivity index (χ2n) is 3.38. The van der Waals surface area contributed by atoms with E-state index in [1.54, 1.807) is 36.8 Å². The molecule has 0 aliphatic heterocycles. The van der Waals surface area contributed by atoms with E-state index >= 15 is 0 Å². The second kappa shape index (κ2) is 3.30. The fourth-order valence-corrected chi connectivity index (χ4v) is 1.54. The van der Waals surface area contributed by atoms with Gasteiger partial charge in [0.15, 0.2) is 5.82 Å². The summed E-state index contributed by atoms with van der Waals surface area (Å²) in [4.78, 5) is 15.6. The van der Waals surface area contributed by atoms with Gasteiger partial charge in [-0.15, -0.1) is 0 Å². The quantitative estimate of drug-likeness (QED) is 0.644. The second-order valence-corrected chi connectivity index (χ2v) is 3.38. The predicted octanol–water partition coefficient (Wildman–Crippen LogP) is 1.73. The fourth-order valence-electron chi connectivity index (χ4n) is 1.54. The van der Waals surface area contributed by atoms with Crippen molar-refractivity contribution in [1.29, 1.82) is 0 Å². The molecule has 1 aromatic carbocycles. The molecule has 2 aromatic heterocycles. The summed E-state index contributed by atoms with van der Waals surface area (Å²) in [7, 11) is 0. The lowest BCUT2D eigenvalue weighted by Gasteiger charge is -1.91. The Morgan fingerprint density at radius 3 is 2.94 bits per heavy atom. The molecule has 0 fully saturated rings. The third-order valence-electron chi connectivity index (χ3n) is 2.27. The number of H-pyrrole nitrogens is 1. The molecular formula is C11H8N4O. The van der Waals surface area contributed by atoms with Gasteiger partial charge in [0.05, 0.1) is 17.2 Å². The van der Waals surface area contributed by atoms with Crippen LogP contribution in [0.2, 0.25) is 0 Å². The van der Waals surface area contributed by atoms with E-state index in [4.69, 9.17) is 0 Å². The Morgan fingerprint density at radius 1 is 1.19 bits per heavy atom. The topological polar surface area (TPSA) is 74.7 Å². The molecule has 5 heteroatoms. The van der Waals surface area contributed by atoms with Crippen LogP contribution >= 0.6 is 0 Å². The van der Waals surface area contributed by atoms with Gasteiger partial charge in [0.1, 0.15) is 11.4 Å². The Bertz CT molecular complexity index is 633. The van der Waals surface area contributed by atoms with Crippen LogP contribution in [-0.2, 0) is 0 Å². The molecule has 0 bridgehead atoms. The number of aromatic hydroxyl groups is 1. The van der Waals surface area contributed by atoms with Crippen molar-refractivity contribution >= 4 is 11.0 Å². The Kier molecular flexibility index (Phi) is 1.83. The van der Waals surface area contributed by atoms with Crippen molar-refractivity contribution in [3.63, 3.8) is 0 Å². The average molecular weight is 212 g/mol. The Hall–Kier alpha value is -2.43. The van der Waals surface area contributed by atoms with E-state index in [0.29, 0.717) is 11.5 Å². The zero-order chi connectivity index (χ0) is 11.0. The Balaban J connectivity index is 2.19. The molecule has 0 atom stereocenters. The third-order valence-corrected chi connectivity index (χ3v) is 2.27. The van der Waals surface area contributed by atoms with Crippen molar-refractivity contribution in [2.75, 3.05) is 0 Å². The minimum atomic E-state index is 0.210. The fraction of sp³-hybridized carbons (Fsp3) is 0. The maximum absolute atomic E-state index is 9.33. The van der Waals surface area contributed by atoms with Gasteiger partial charge in [0.25, 0.3) is 0 Å². The molecule has 0 spiro atoms. The number of benzene rings is 1. The number of fused-ring (bicyclic) bond motifs is 1. The summed E-state index contributed by atoms with van der Waals surface area (Å²) < 4.78 is 0. The Morgan fingerprint density at radius 2 is 2.12 bits per heavy atom. The molecule has 0 saturated heterocycles. The number of phenols is 1. The van der Waals surface area contributed by atoms with E-state index in [0.717, 1.165) is 11.0 Å². The molecule has 0 amide bonds. The molecule has 0 unspecified atom stereocenters. The van der Waals surface area contributed by atoms with Crippen LogP contribution in [0.5, 0.6) is 5.75 Å². The molecular weight excluding hydrogens is 204 g/mol. The standard InChI is InChI=1S/C11H8N4O/c16-7-1-2-8-9(5-7)15-11(14-8)10-6-12-3-4-13-10/h1-6,16H,(H,14,15). The minimum Gasteiger partial charge on any atom is -0.508 e. The largest absolute Gasteiger partial charge is 0.508 e. The summed E-state index contributed by atoms with van der Waals surface area (Å²) >= 11 is 0. The predicted molar refractivity (Wildman–Crippen MR) is 58.8 cm³/mol. The first-order valence-corrected chi connectivity index (χ1v) is 4.78. The van der Waals surface area contributed by atoms with E-state index < -0.39 is 0 Å². The van der Waals surface area contributed by atoms with Gasteiger partial charge < -0.3 is 10.1 Å². The van der Waals surface area contributed by atoms with Crippen LogP contribution in [0.3, 0.4) is 0 Å². The monoisotopic (exact) mass is 212 g/mol. The lowest BCUT2D eigenvalue weighted by atomic mass is 10.3. The zero-order valence-corrected chi connectivity index (χ0v) is 8.25. The van der Waals surface area contributed by atoms with Gasteiger partial charge in [-0.25, -0.2) is 9.97 Å². The number of hydrogen-bond acceptors (Lipinski definition) is 4. The summed E-state index contributed by atoms with van der Waals surface area (Å²) in [6.07, 6.45) is 4.86. The first kappa shape index (κ1) is 8.84. The summed E-state index contributed by atoms with van der Waals surface area (Å²) in [5, 5.41) is 9.33. The summed E-state index contributed by atoms with van der Waals surface area (Å²) in [5.74, 6) is 0.857. The molecule has 78 valence electrons. The highest BCUT2D eigenvalue weighted by Crippen LogP contribution is 2.21. The number of aromatic nitrogens is 4. The van der Waals surface area contributed by atoms with Crippen molar-refractivity contribution in [1.82, 2.24) is 19.9 Å². The number of phenolic OH excluding ortho intramolecular Hbond substituents is 1. The molecule has 5 nitrogen and oxygen atoms in total. The van der Waals surface area contributed by atoms with Crippen molar-refractivity contribution < 1.29 is 5.11 Å². The van der Waals surface area contributed by atoms with Crippen LogP contribution in [0.15, 0.2) is 36.8 Å². The number of aromatic amines is 1. The van der Waals surface area contributed by atoms with Gasteiger partial charge in [0, 0.05) is 18.5 Å². The van der Waals surface area contributed by atoms with E-state index in [2.05, 4.69) is 19.9 Å². The van der Waals surface area contributed by atoms with Crippen LogP contribution in [0.25, 0.3) is 22.6 Å². The lowest BCUT2D eigenvalue weighted by molar-refractivity contribution is 0.476. The number of hydrogen-bond donors (Lipinski definition) is 2. The highest BCUT2D eigenvalue weighted by molar-refractivity contribution is 5.79. The van der Waals surface area contributed by atoms with Gasteiger partial charge in [0.2, 0.25) is 0 Å². The maximum Gasteiger partial charge on any atom is 0.158 e. The van der Waals surface area contributed by atoms with Crippen molar-refractivity contribution in [3.05, 3.63) is 36.8 Å². The van der Waals surface area contributed by atoms with Crippen LogP contribution in [0, 0.1) is 0 Å². The minimum absolute atomic E-state index is 0.210. The lowest BCUT2D eigenvalue weighted by Crippen LogP contribution is -1.85.